The Balaban J connectivity index is 1.58. The lowest BCUT2D eigenvalue weighted by Gasteiger charge is -2.26. The van der Waals surface area contributed by atoms with E-state index in [0.717, 1.165) is 32.8 Å². The maximum absolute atomic E-state index is 14.4. The van der Waals surface area contributed by atoms with Crippen LogP contribution in [-0.2, 0) is 4.74 Å². The van der Waals surface area contributed by atoms with E-state index >= 15 is 0 Å². The molecule has 0 saturated carbocycles. The lowest BCUT2D eigenvalue weighted by molar-refractivity contribution is 0.0398. The fraction of sp³-hybridized carbons (Fsp3) is 0.333. The van der Waals surface area contributed by atoms with Gasteiger partial charge in [-0.1, -0.05) is 0 Å². The Kier molecular flexibility index (Phi) is 6.40. The van der Waals surface area contributed by atoms with Gasteiger partial charge in [0, 0.05) is 31.7 Å². The molecule has 0 unspecified atom stereocenters. The molecule has 0 aliphatic carbocycles. The third-order valence-electron chi connectivity index (χ3n) is 5.16. The molecular formula is C21H24F2N6O2. The van der Waals surface area contributed by atoms with E-state index in [0.29, 0.717) is 34.8 Å². The molecule has 1 aliphatic heterocycles. The number of morpholine rings is 1. The highest BCUT2D eigenvalue weighted by molar-refractivity contribution is 6.08. The van der Waals surface area contributed by atoms with Gasteiger partial charge in [-0.25, -0.2) is 18.8 Å². The van der Waals surface area contributed by atoms with Crippen LogP contribution in [0.2, 0.25) is 0 Å². The van der Waals surface area contributed by atoms with Crippen LogP contribution in [-0.4, -0.2) is 65.3 Å². The number of rotatable bonds is 6. The van der Waals surface area contributed by atoms with Crippen LogP contribution in [0.5, 0.6) is 0 Å². The molecule has 3 aromatic rings. The molecule has 0 radical (unpaired) electrons. The summed E-state index contributed by atoms with van der Waals surface area (Å²) in [5.74, 6) is -0.335. The standard InChI is InChI=1S/C21H24F2N6O2/c1-13-12-14(2-4-16(13)22)25-20(28-30)15-3-5-17(23)19-18(15)26-21(27-19)24-6-7-29-8-10-31-11-9-29/h2-5,12,30H,6-11H2,1H3,(H,25,28)(H2,24,26,27). The van der Waals surface area contributed by atoms with Crippen molar-refractivity contribution in [1.29, 1.82) is 0 Å². The first-order chi connectivity index (χ1) is 15.0. The minimum Gasteiger partial charge on any atom is -0.379 e. The summed E-state index contributed by atoms with van der Waals surface area (Å²) in [5, 5.41) is 12.8. The van der Waals surface area contributed by atoms with Crippen molar-refractivity contribution in [3.63, 3.8) is 0 Å². The second-order valence-corrected chi connectivity index (χ2v) is 7.29. The number of aromatic amines is 1. The number of amidine groups is 1. The number of nitrogens with one attached hydrogen (secondary N) is 3. The zero-order valence-electron chi connectivity index (χ0n) is 17.1. The fourth-order valence-electron chi connectivity index (χ4n) is 3.47. The van der Waals surface area contributed by atoms with Crippen molar-refractivity contribution in [2.45, 2.75) is 6.92 Å². The van der Waals surface area contributed by atoms with E-state index in [1.54, 1.807) is 13.0 Å². The van der Waals surface area contributed by atoms with Crippen LogP contribution < -0.4 is 10.8 Å². The fourth-order valence-corrected chi connectivity index (χ4v) is 3.47. The molecule has 0 amide bonds. The Morgan fingerprint density at radius 2 is 2.00 bits per heavy atom. The Bertz CT molecular complexity index is 1090. The largest absolute Gasteiger partial charge is 0.379 e. The highest BCUT2D eigenvalue weighted by Gasteiger charge is 2.16. The number of hydrogen-bond acceptors (Lipinski definition) is 6. The SMILES string of the molecule is Cc1cc(N=C(NO)c2ccc(F)c3nc(NCCN4CCOCC4)[nH]c23)ccc1F. The van der Waals surface area contributed by atoms with Gasteiger partial charge in [-0.15, -0.1) is 0 Å². The van der Waals surface area contributed by atoms with Gasteiger partial charge in [-0.05, 0) is 42.8 Å². The van der Waals surface area contributed by atoms with Crippen molar-refractivity contribution in [2.75, 3.05) is 44.7 Å². The Labute approximate surface area is 177 Å². The van der Waals surface area contributed by atoms with Crippen molar-refractivity contribution in [3.8, 4) is 0 Å². The van der Waals surface area contributed by atoms with Gasteiger partial charge >= 0.3 is 0 Å². The van der Waals surface area contributed by atoms with Gasteiger partial charge in [0.2, 0.25) is 5.95 Å². The summed E-state index contributed by atoms with van der Waals surface area (Å²) in [6, 6.07) is 7.10. The molecule has 1 aliphatic rings. The first kappa shape index (κ1) is 21.2. The summed E-state index contributed by atoms with van der Waals surface area (Å²) in [7, 11) is 0. The highest BCUT2D eigenvalue weighted by Crippen LogP contribution is 2.24. The topological polar surface area (TPSA) is 97.8 Å². The summed E-state index contributed by atoms with van der Waals surface area (Å²) in [5.41, 5.74) is 3.86. The molecule has 10 heteroatoms. The smallest absolute Gasteiger partial charge is 0.201 e. The molecule has 2 heterocycles. The number of aliphatic imine (C=N–C) groups is 1. The quantitative estimate of drug-likeness (QED) is 0.273. The van der Waals surface area contributed by atoms with E-state index < -0.39 is 5.82 Å². The number of aryl methyl sites for hydroxylation is 1. The van der Waals surface area contributed by atoms with E-state index in [9.17, 15) is 14.0 Å². The lowest BCUT2D eigenvalue weighted by atomic mass is 10.1. The number of anilines is 1. The van der Waals surface area contributed by atoms with E-state index in [1.165, 1.54) is 24.3 Å². The van der Waals surface area contributed by atoms with E-state index in [1.807, 2.05) is 0 Å². The van der Waals surface area contributed by atoms with Crippen LogP contribution in [0.25, 0.3) is 11.0 Å². The van der Waals surface area contributed by atoms with Crippen molar-refractivity contribution < 1.29 is 18.7 Å². The molecule has 1 saturated heterocycles. The Morgan fingerprint density at radius 1 is 1.23 bits per heavy atom. The first-order valence-corrected chi connectivity index (χ1v) is 10.0. The number of imidazole rings is 1. The molecule has 0 spiro atoms. The minimum absolute atomic E-state index is 0.0829. The van der Waals surface area contributed by atoms with Crippen molar-refractivity contribution in [1.82, 2.24) is 20.3 Å². The van der Waals surface area contributed by atoms with Gasteiger partial charge in [0.1, 0.15) is 11.3 Å². The number of ether oxygens (including phenoxy) is 1. The number of aromatic nitrogens is 2. The average molecular weight is 430 g/mol. The van der Waals surface area contributed by atoms with Crippen LogP contribution >= 0.6 is 0 Å². The second-order valence-electron chi connectivity index (χ2n) is 7.29. The molecule has 0 atom stereocenters. The molecule has 1 aromatic heterocycles. The van der Waals surface area contributed by atoms with Crippen molar-refractivity contribution in [2.24, 2.45) is 4.99 Å². The maximum atomic E-state index is 14.4. The van der Waals surface area contributed by atoms with Crippen LogP contribution in [0.3, 0.4) is 0 Å². The summed E-state index contributed by atoms with van der Waals surface area (Å²) in [6.07, 6.45) is 0. The highest BCUT2D eigenvalue weighted by atomic mass is 19.1. The Hall–Kier alpha value is -3.08. The molecule has 0 bridgehead atoms. The van der Waals surface area contributed by atoms with E-state index in [-0.39, 0.29) is 17.2 Å². The third-order valence-corrected chi connectivity index (χ3v) is 5.16. The summed E-state index contributed by atoms with van der Waals surface area (Å²) < 4.78 is 33.3. The van der Waals surface area contributed by atoms with E-state index in [4.69, 9.17) is 4.74 Å². The van der Waals surface area contributed by atoms with Crippen molar-refractivity contribution >= 4 is 28.5 Å². The zero-order chi connectivity index (χ0) is 21.8. The minimum atomic E-state index is -0.494. The van der Waals surface area contributed by atoms with Crippen LogP contribution in [0.15, 0.2) is 35.3 Å². The predicted octanol–water partition coefficient (Wildman–Crippen LogP) is 2.95. The third kappa shape index (κ3) is 4.82. The van der Waals surface area contributed by atoms with Crippen molar-refractivity contribution in [3.05, 3.63) is 53.1 Å². The number of nitrogens with zero attached hydrogens (tertiary/aromatic N) is 3. The summed E-state index contributed by atoms with van der Waals surface area (Å²) in [4.78, 5) is 14.0. The monoisotopic (exact) mass is 430 g/mol. The number of benzene rings is 2. The van der Waals surface area contributed by atoms with Gasteiger partial charge in [-0.3, -0.25) is 15.6 Å². The number of H-pyrrole nitrogens is 1. The molecule has 4 rings (SSSR count). The summed E-state index contributed by atoms with van der Waals surface area (Å²) >= 11 is 0. The number of hydrogen-bond donors (Lipinski definition) is 4. The van der Waals surface area contributed by atoms with E-state index in [2.05, 4.69) is 30.7 Å². The van der Waals surface area contributed by atoms with Crippen LogP contribution in [0.1, 0.15) is 11.1 Å². The number of fused-ring (bicyclic) bond motifs is 1. The van der Waals surface area contributed by atoms with Crippen LogP contribution in [0, 0.1) is 18.6 Å². The lowest BCUT2D eigenvalue weighted by Crippen LogP contribution is -2.39. The number of halogens is 2. The maximum Gasteiger partial charge on any atom is 0.201 e. The molecule has 164 valence electrons. The second kappa shape index (κ2) is 9.38. The normalized spacial score (nSPS) is 15.4. The summed E-state index contributed by atoms with van der Waals surface area (Å²) in [6.45, 7) is 6.28. The molecule has 2 aromatic carbocycles. The molecule has 31 heavy (non-hydrogen) atoms. The first-order valence-electron chi connectivity index (χ1n) is 10.0. The predicted molar refractivity (Wildman–Crippen MR) is 114 cm³/mol. The zero-order valence-corrected chi connectivity index (χ0v) is 17.1. The molecular weight excluding hydrogens is 406 g/mol. The van der Waals surface area contributed by atoms with Gasteiger partial charge in [0.15, 0.2) is 11.7 Å². The average Bonchev–Trinajstić information content (AvgIpc) is 3.21. The molecule has 8 nitrogen and oxygen atoms in total. The Morgan fingerprint density at radius 3 is 2.74 bits per heavy atom. The van der Waals surface area contributed by atoms with Gasteiger partial charge in [0.05, 0.1) is 24.4 Å². The van der Waals surface area contributed by atoms with Gasteiger partial charge < -0.3 is 15.0 Å². The number of hydroxylamine groups is 1. The van der Waals surface area contributed by atoms with Gasteiger partial charge in [0.25, 0.3) is 0 Å². The molecule has 1 fully saturated rings. The van der Waals surface area contributed by atoms with Gasteiger partial charge in [-0.2, -0.15) is 0 Å². The molecule has 4 N–H and O–H groups in total. The van der Waals surface area contributed by atoms with Crippen LogP contribution in [0.4, 0.5) is 20.4 Å².